The van der Waals surface area contributed by atoms with Crippen LogP contribution in [0.3, 0.4) is 0 Å². The number of aliphatic imine (C=N–C) groups is 2. The summed E-state index contributed by atoms with van der Waals surface area (Å²) in [6.45, 7) is 0. The average Bonchev–Trinajstić information content (AvgIpc) is 3.73. The molecule has 9 aromatic rings. The van der Waals surface area contributed by atoms with Crippen LogP contribution in [0.5, 0.6) is 0 Å². The number of aromatic nitrogens is 1. The Balaban J connectivity index is 1.09. The Morgan fingerprint density at radius 1 is 0.520 bits per heavy atom. The molecule has 0 saturated carbocycles. The highest BCUT2D eigenvalue weighted by molar-refractivity contribution is 6.17. The molecule has 0 saturated heterocycles. The molecule has 7 aromatic carbocycles. The number of amidine groups is 2. The van der Waals surface area contributed by atoms with Crippen molar-refractivity contribution in [1.29, 1.82) is 0 Å². The first-order valence-electron chi connectivity index (χ1n) is 16.9. The van der Waals surface area contributed by atoms with Crippen molar-refractivity contribution >= 4 is 55.4 Å². The van der Waals surface area contributed by atoms with Gasteiger partial charge in [0.05, 0.1) is 11.0 Å². The van der Waals surface area contributed by atoms with Crippen molar-refractivity contribution < 1.29 is 4.42 Å². The van der Waals surface area contributed by atoms with Crippen molar-refractivity contribution in [1.82, 2.24) is 9.88 Å². The second kappa shape index (κ2) is 11.5. The van der Waals surface area contributed by atoms with Gasteiger partial charge in [-0.15, -0.1) is 0 Å². The Hall–Kier alpha value is -6.72. The van der Waals surface area contributed by atoms with Gasteiger partial charge in [-0.05, 0) is 65.2 Å². The first-order valence-corrected chi connectivity index (χ1v) is 16.9. The van der Waals surface area contributed by atoms with E-state index in [1.165, 1.54) is 27.4 Å². The van der Waals surface area contributed by atoms with Gasteiger partial charge in [0, 0.05) is 38.4 Å². The number of fused-ring (bicyclic) bond motifs is 6. The quantitative estimate of drug-likeness (QED) is 0.203. The average molecular weight is 643 g/mol. The molecular formula is C45H30N4O. The normalized spacial score (nSPS) is 14.6. The van der Waals surface area contributed by atoms with E-state index in [2.05, 4.69) is 143 Å². The first-order chi connectivity index (χ1) is 24.8. The lowest BCUT2D eigenvalue weighted by Gasteiger charge is -2.23. The van der Waals surface area contributed by atoms with Crippen LogP contribution in [0.15, 0.2) is 184 Å². The van der Waals surface area contributed by atoms with Gasteiger partial charge < -0.3 is 14.3 Å². The second-order valence-electron chi connectivity index (χ2n) is 12.6. The number of benzene rings is 7. The van der Waals surface area contributed by atoms with Crippen molar-refractivity contribution in [3.63, 3.8) is 0 Å². The Morgan fingerprint density at radius 3 is 1.94 bits per heavy atom. The molecule has 5 heteroatoms. The maximum atomic E-state index is 6.62. The summed E-state index contributed by atoms with van der Waals surface area (Å²) in [6, 6.07) is 59.2. The fourth-order valence-corrected chi connectivity index (χ4v) is 7.33. The summed E-state index contributed by atoms with van der Waals surface area (Å²) in [5, 5.41) is 8.14. The minimum atomic E-state index is -0.261. The zero-order chi connectivity index (χ0) is 33.0. The summed E-state index contributed by atoms with van der Waals surface area (Å²) in [6.07, 6.45) is -0.261. The van der Waals surface area contributed by atoms with Crippen LogP contribution in [0.4, 0.5) is 0 Å². The van der Waals surface area contributed by atoms with Gasteiger partial charge in [0.2, 0.25) is 0 Å². The molecular weight excluding hydrogens is 613 g/mol. The van der Waals surface area contributed by atoms with Gasteiger partial charge in [0.15, 0.2) is 5.84 Å². The molecule has 0 aliphatic carbocycles. The molecule has 0 spiro atoms. The lowest BCUT2D eigenvalue weighted by Crippen LogP contribution is -2.33. The van der Waals surface area contributed by atoms with Gasteiger partial charge >= 0.3 is 0 Å². The highest BCUT2D eigenvalue weighted by Crippen LogP contribution is 2.40. The van der Waals surface area contributed by atoms with Crippen LogP contribution in [-0.4, -0.2) is 16.2 Å². The van der Waals surface area contributed by atoms with Gasteiger partial charge in [-0.2, -0.15) is 0 Å². The topological polar surface area (TPSA) is 54.8 Å². The fourth-order valence-electron chi connectivity index (χ4n) is 7.33. The Bertz CT molecular complexity index is 2780. The lowest BCUT2D eigenvalue weighted by atomic mass is 9.98. The molecule has 0 radical (unpaired) electrons. The SMILES string of the molecule is c1ccc(C2=NC(c3ccc4c(c3)oc3cc(-c5cccc6c5c5ccccc5n6-c5ccccc5)ccc34)=NC(c3ccccc3)N2)cc1. The number of hydrogen-bond donors (Lipinski definition) is 1. The van der Waals surface area contributed by atoms with Gasteiger partial charge in [-0.25, -0.2) is 9.98 Å². The molecule has 1 aliphatic rings. The van der Waals surface area contributed by atoms with Crippen LogP contribution in [0.2, 0.25) is 0 Å². The van der Waals surface area contributed by atoms with Crippen LogP contribution in [0.25, 0.3) is 60.6 Å². The summed E-state index contributed by atoms with van der Waals surface area (Å²) in [5.74, 6) is 1.46. The summed E-state index contributed by atoms with van der Waals surface area (Å²) < 4.78 is 8.97. The van der Waals surface area contributed by atoms with Crippen molar-refractivity contribution in [3.8, 4) is 16.8 Å². The largest absolute Gasteiger partial charge is 0.456 e. The van der Waals surface area contributed by atoms with Crippen LogP contribution in [-0.2, 0) is 0 Å². The van der Waals surface area contributed by atoms with Crippen LogP contribution in [0.1, 0.15) is 22.9 Å². The molecule has 1 N–H and O–H groups in total. The van der Waals surface area contributed by atoms with E-state index in [1.807, 2.05) is 36.4 Å². The maximum absolute atomic E-state index is 6.62. The number of hydrogen-bond acceptors (Lipinski definition) is 4. The first kappa shape index (κ1) is 28.3. The van der Waals surface area contributed by atoms with Gasteiger partial charge in [0.25, 0.3) is 0 Å². The third-order valence-electron chi connectivity index (χ3n) is 9.66. The Labute approximate surface area is 288 Å². The molecule has 10 rings (SSSR count). The predicted octanol–water partition coefficient (Wildman–Crippen LogP) is 10.8. The fraction of sp³-hybridized carbons (Fsp3) is 0.0222. The molecule has 50 heavy (non-hydrogen) atoms. The third-order valence-corrected chi connectivity index (χ3v) is 9.66. The third kappa shape index (κ3) is 4.63. The monoisotopic (exact) mass is 642 g/mol. The smallest absolute Gasteiger partial charge is 0.159 e. The number of furan rings is 1. The number of nitrogens with one attached hydrogen (secondary N) is 1. The molecule has 1 unspecified atom stereocenters. The van der Waals surface area contributed by atoms with Crippen molar-refractivity contribution in [2.75, 3.05) is 0 Å². The molecule has 3 heterocycles. The van der Waals surface area contributed by atoms with E-state index in [4.69, 9.17) is 14.4 Å². The molecule has 0 amide bonds. The summed E-state index contributed by atoms with van der Waals surface area (Å²) >= 11 is 0. The van der Waals surface area contributed by atoms with E-state index in [0.29, 0.717) is 5.84 Å². The minimum absolute atomic E-state index is 0.261. The highest BCUT2D eigenvalue weighted by Gasteiger charge is 2.22. The zero-order valence-corrected chi connectivity index (χ0v) is 27.0. The molecule has 2 aromatic heterocycles. The van der Waals surface area contributed by atoms with Crippen LogP contribution < -0.4 is 5.32 Å². The van der Waals surface area contributed by atoms with E-state index in [1.54, 1.807) is 0 Å². The number of rotatable bonds is 5. The number of nitrogens with zero attached hydrogens (tertiary/aromatic N) is 3. The molecule has 5 nitrogen and oxygen atoms in total. The highest BCUT2D eigenvalue weighted by atomic mass is 16.3. The molecule has 1 aliphatic heterocycles. The van der Waals surface area contributed by atoms with E-state index >= 15 is 0 Å². The second-order valence-corrected chi connectivity index (χ2v) is 12.6. The minimum Gasteiger partial charge on any atom is -0.456 e. The van der Waals surface area contributed by atoms with Gasteiger partial charge in [-0.3, -0.25) is 0 Å². The summed E-state index contributed by atoms with van der Waals surface area (Å²) in [5.41, 5.74) is 10.5. The lowest BCUT2D eigenvalue weighted by molar-refractivity contribution is 0.667. The zero-order valence-electron chi connectivity index (χ0n) is 27.0. The Morgan fingerprint density at radius 2 is 1.16 bits per heavy atom. The predicted molar refractivity (Wildman–Crippen MR) is 205 cm³/mol. The van der Waals surface area contributed by atoms with Crippen molar-refractivity contribution in [2.45, 2.75) is 6.17 Å². The van der Waals surface area contributed by atoms with Crippen molar-refractivity contribution in [3.05, 3.63) is 187 Å². The maximum Gasteiger partial charge on any atom is 0.159 e. The van der Waals surface area contributed by atoms with Crippen LogP contribution >= 0.6 is 0 Å². The van der Waals surface area contributed by atoms with Crippen LogP contribution in [0, 0.1) is 0 Å². The van der Waals surface area contributed by atoms with Crippen molar-refractivity contribution in [2.24, 2.45) is 9.98 Å². The molecule has 1 atom stereocenters. The Kier molecular flexibility index (Phi) is 6.49. The molecule has 0 fully saturated rings. The molecule has 236 valence electrons. The standard InChI is InChI=1S/C45H30N4O/c1-4-13-29(14-5-1)43-46-44(30-15-6-2-7-16-30)48-45(47-43)32-24-26-36-35-25-23-31(27-40(35)50-41(36)28-32)34-20-12-22-39-42(34)37-19-10-11-21-38(37)49(39)33-17-8-3-9-18-33/h1-28,43H,(H,46,47,48). The van der Waals surface area contributed by atoms with Gasteiger partial charge in [0.1, 0.15) is 23.2 Å². The summed E-state index contributed by atoms with van der Waals surface area (Å²) in [7, 11) is 0. The van der Waals surface area contributed by atoms with E-state index in [0.717, 1.165) is 55.7 Å². The van der Waals surface area contributed by atoms with E-state index < -0.39 is 0 Å². The van der Waals surface area contributed by atoms with E-state index in [-0.39, 0.29) is 6.17 Å². The number of para-hydroxylation sites is 2. The van der Waals surface area contributed by atoms with Gasteiger partial charge in [-0.1, -0.05) is 121 Å². The summed E-state index contributed by atoms with van der Waals surface area (Å²) in [4.78, 5) is 10.1. The van der Waals surface area contributed by atoms with E-state index in [9.17, 15) is 0 Å². The molecule has 0 bridgehead atoms.